The lowest BCUT2D eigenvalue weighted by molar-refractivity contribution is -0.385. The second-order valence-corrected chi connectivity index (χ2v) is 8.79. The number of nitrogens with zero attached hydrogens (tertiary/aromatic N) is 4. The first-order chi connectivity index (χ1) is 16.9. The summed E-state index contributed by atoms with van der Waals surface area (Å²) in [6.45, 7) is 2.05. The van der Waals surface area contributed by atoms with Crippen molar-refractivity contribution >= 4 is 40.6 Å². The number of nitrogens with one attached hydrogen (secondary N) is 1. The van der Waals surface area contributed by atoms with Gasteiger partial charge in [0.15, 0.2) is 16.7 Å². The van der Waals surface area contributed by atoms with Crippen LogP contribution in [0.4, 0.5) is 11.4 Å². The van der Waals surface area contributed by atoms with E-state index in [-0.39, 0.29) is 23.1 Å². The molecule has 4 rings (SSSR count). The molecule has 0 unspecified atom stereocenters. The molecule has 0 saturated carbocycles. The van der Waals surface area contributed by atoms with Gasteiger partial charge in [0.25, 0.3) is 0 Å². The quantitative estimate of drug-likeness (QED) is 0.184. The number of benzene rings is 2. The van der Waals surface area contributed by atoms with Gasteiger partial charge in [0.2, 0.25) is 5.91 Å². The van der Waals surface area contributed by atoms with Gasteiger partial charge in [-0.2, -0.15) is 0 Å². The van der Waals surface area contributed by atoms with E-state index in [1.54, 1.807) is 31.4 Å². The minimum absolute atomic E-state index is 0.0374. The molecular formula is C23H20ClN5O5S. The Labute approximate surface area is 209 Å². The summed E-state index contributed by atoms with van der Waals surface area (Å²) in [6.07, 6.45) is 1.59. The molecular weight excluding hydrogens is 494 g/mol. The van der Waals surface area contributed by atoms with Crippen LogP contribution in [0.3, 0.4) is 0 Å². The summed E-state index contributed by atoms with van der Waals surface area (Å²) in [4.78, 5) is 23.4. The van der Waals surface area contributed by atoms with Gasteiger partial charge in [-0.05, 0) is 48.9 Å². The number of carbonyl (C=O) groups excluding carboxylic acids is 1. The van der Waals surface area contributed by atoms with Crippen molar-refractivity contribution in [3.63, 3.8) is 0 Å². The topological polar surface area (TPSA) is 125 Å². The van der Waals surface area contributed by atoms with Crippen LogP contribution in [0.25, 0.3) is 11.4 Å². The summed E-state index contributed by atoms with van der Waals surface area (Å²) in [5.41, 5.74) is 1.62. The Bertz CT molecular complexity index is 1360. The number of thioether (sulfide) groups is 1. The Hall–Kier alpha value is -3.83. The molecule has 2 heterocycles. The number of rotatable bonds is 9. The smallest absolute Gasteiger partial charge is 0.311 e. The number of methoxy groups -OCH3 is 1. The normalized spacial score (nSPS) is 10.8. The van der Waals surface area contributed by atoms with E-state index in [1.807, 2.05) is 22.8 Å². The summed E-state index contributed by atoms with van der Waals surface area (Å²) >= 11 is 7.23. The molecule has 0 atom stereocenters. The van der Waals surface area contributed by atoms with Gasteiger partial charge in [-0.25, -0.2) is 0 Å². The second kappa shape index (κ2) is 10.6. The van der Waals surface area contributed by atoms with Crippen LogP contribution in [0.1, 0.15) is 11.3 Å². The molecule has 0 spiro atoms. The van der Waals surface area contributed by atoms with Crippen molar-refractivity contribution in [2.24, 2.45) is 0 Å². The van der Waals surface area contributed by atoms with Crippen molar-refractivity contribution in [1.82, 2.24) is 14.8 Å². The molecule has 0 bridgehead atoms. The molecule has 0 saturated heterocycles. The average Bonchev–Trinajstić information content (AvgIpc) is 3.49. The van der Waals surface area contributed by atoms with Crippen LogP contribution < -0.4 is 10.1 Å². The van der Waals surface area contributed by atoms with Crippen LogP contribution in [-0.4, -0.2) is 38.5 Å². The van der Waals surface area contributed by atoms with Gasteiger partial charge in [-0.15, -0.1) is 10.2 Å². The van der Waals surface area contributed by atoms with Crippen LogP contribution in [0.5, 0.6) is 5.75 Å². The van der Waals surface area contributed by atoms with Gasteiger partial charge in [-0.3, -0.25) is 19.5 Å². The molecule has 0 radical (unpaired) electrons. The SMILES string of the molecule is COc1cc(NC(=O)CSc2nnc(-c3ccc(Cl)cc3)n2Cc2ccco2)c(C)cc1[N+](=O)[O-]. The molecule has 4 aromatic rings. The molecule has 35 heavy (non-hydrogen) atoms. The predicted molar refractivity (Wildman–Crippen MR) is 132 cm³/mol. The maximum Gasteiger partial charge on any atom is 0.311 e. The number of anilines is 1. The van der Waals surface area contributed by atoms with Crippen molar-refractivity contribution in [3.8, 4) is 17.1 Å². The molecule has 0 aliphatic heterocycles. The summed E-state index contributed by atoms with van der Waals surface area (Å²) in [7, 11) is 1.34. The van der Waals surface area contributed by atoms with Gasteiger partial charge < -0.3 is 14.5 Å². The molecule has 0 fully saturated rings. The zero-order valence-electron chi connectivity index (χ0n) is 18.7. The van der Waals surface area contributed by atoms with Gasteiger partial charge in [-0.1, -0.05) is 23.4 Å². The predicted octanol–water partition coefficient (Wildman–Crippen LogP) is 5.20. The number of nitro benzene ring substituents is 1. The van der Waals surface area contributed by atoms with E-state index in [4.69, 9.17) is 20.8 Å². The van der Waals surface area contributed by atoms with Crippen molar-refractivity contribution in [2.75, 3.05) is 18.2 Å². The number of ether oxygens (including phenoxy) is 1. The van der Waals surface area contributed by atoms with Gasteiger partial charge in [0.1, 0.15) is 5.76 Å². The molecule has 12 heteroatoms. The Morgan fingerprint density at radius 3 is 2.69 bits per heavy atom. The second-order valence-electron chi connectivity index (χ2n) is 7.41. The van der Waals surface area contributed by atoms with Crippen LogP contribution in [0.2, 0.25) is 5.02 Å². The zero-order chi connectivity index (χ0) is 24.9. The maximum absolute atomic E-state index is 12.7. The van der Waals surface area contributed by atoms with Crippen molar-refractivity contribution in [3.05, 3.63) is 81.3 Å². The van der Waals surface area contributed by atoms with E-state index < -0.39 is 4.92 Å². The number of hydrogen-bond donors (Lipinski definition) is 1. The fourth-order valence-electron chi connectivity index (χ4n) is 3.34. The highest BCUT2D eigenvalue weighted by Gasteiger charge is 2.20. The zero-order valence-corrected chi connectivity index (χ0v) is 20.3. The van der Waals surface area contributed by atoms with Crippen molar-refractivity contribution in [1.29, 1.82) is 0 Å². The average molecular weight is 514 g/mol. The summed E-state index contributed by atoms with van der Waals surface area (Å²) < 4.78 is 12.4. The first-order valence-corrected chi connectivity index (χ1v) is 11.7. The van der Waals surface area contributed by atoms with E-state index in [2.05, 4.69) is 15.5 Å². The molecule has 2 aromatic heterocycles. The molecule has 180 valence electrons. The third-order valence-corrected chi connectivity index (χ3v) is 6.26. The van der Waals surface area contributed by atoms with E-state index in [9.17, 15) is 14.9 Å². The van der Waals surface area contributed by atoms with E-state index in [1.165, 1.54) is 31.0 Å². The van der Waals surface area contributed by atoms with E-state index in [0.717, 1.165) is 5.56 Å². The first kappa shape index (κ1) is 24.3. The molecule has 0 aliphatic rings. The number of nitro groups is 1. The van der Waals surface area contributed by atoms with Crippen LogP contribution in [0.15, 0.2) is 64.4 Å². The number of amides is 1. The summed E-state index contributed by atoms with van der Waals surface area (Å²) in [5.74, 6) is 1.11. The highest BCUT2D eigenvalue weighted by molar-refractivity contribution is 7.99. The van der Waals surface area contributed by atoms with Gasteiger partial charge in [0.05, 0.1) is 30.6 Å². The maximum atomic E-state index is 12.7. The lowest BCUT2D eigenvalue weighted by Gasteiger charge is -2.11. The monoisotopic (exact) mass is 513 g/mol. The van der Waals surface area contributed by atoms with E-state index >= 15 is 0 Å². The molecule has 10 nitrogen and oxygen atoms in total. The highest BCUT2D eigenvalue weighted by Crippen LogP contribution is 2.33. The van der Waals surface area contributed by atoms with Gasteiger partial charge in [0, 0.05) is 28.4 Å². The molecule has 2 aromatic carbocycles. The Morgan fingerprint density at radius 1 is 1.26 bits per heavy atom. The number of aryl methyl sites for hydroxylation is 1. The first-order valence-electron chi connectivity index (χ1n) is 10.3. The van der Waals surface area contributed by atoms with Crippen LogP contribution in [0, 0.1) is 17.0 Å². The summed E-state index contributed by atoms with van der Waals surface area (Å²) in [6, 6.07) is 13.7. The largest absolute Gasteiger partial charge is 0.490 e. The standard InChI is InChI=1S/C23H20ClN5O5S/c1-14-10-19(29(31)32)20(33-2)11-18(14)25-21(30)13-35-23-27-26-22(15-5-7-16(24)8-6-15)28(23)12-17-4-3-9-34-17/h3-11H,12-13H2,1-2H3,(H,25,30). The van der Waals surface area contributed by atoms with E-state index in [0.29, 0.717) is 39.6 Å². The lowest BCUT2D eigenvalue weighted by Crippen LogP contribution is -2.16. The molecule has 1 N–H and O–H groups in total. The molecule has 0 aliphatic carbocycles. The van der Waals surface area contributed by atoms with Gasteiger partial charge >= 0.3 is 5.69 Å². The Kier molecular flexibility index (Phi) is 7.37. The number of hydrogen-bond acceptors (Lipinski definition) is 8. The van der Waals surface area contributed by atoms with Crippen LogP contribution >= 0.6 is 23.4 Å². The highest BCUT2D eigenvalue weighted by atomic mass is 35.5. The number of halogens is 1. The minimum atomic E-state index is -0.530. The van der Waals surface area contributed by atoms with Crippen LogP contribution in [-0.2, 0) is 11.3 Å². The molecule has 1 amide bonds. The third kappa shape index (κ3) is 5.64. The van der Waals surface area contributed by atoms with Crippen molar-refractivity contribution < 1.29 is 18.9 Å². The number of carbonyl (C=O) groups is 1. The Balaban J connectivity index is 1.53. The van der Waals surface area contributed by atoms with Crippen molar-refractivity contribution in [2.45, 2.75) is 18.6 Å². The summed E-state index contributed by atoms with van der Waals surface area (Å²) in [5, 5.41) is 23.7. The Morgan fingerprint density at radius 2 is 2.03 bits per heavy atom. The fraction of sp³-hybridized carbons (Fsp3) is 0.174. The minimum Gasteiger partial charge on any atom is -0.490 e. The lowest BCUT2D eigenvalue weighted by atomic mass is 10.1. The fourth-order valence-corrected chi connectivity index (χ4v) is 4.20. The number of aromatic nitrogens is 3. The third-order valence-electron chi connectivity index (χ3n) is 5.04. The number of furan rings is 1.